The first kappa shape index (κ1) is 14.0. The zero-order chi connectivity index (χ0) is 13.8. The van der Waals surface area contributed by atoms with Crippen molar-refractivity contribution in [2.45, 2.75) is 0 Å². The maximum Gasteiger partial charge on any atom is 0.417 e. The van der Waals surface area contributed by atoms with Gasteiger partial charge in [-0.25, -0.2) is 4.79 Å². The minimum absolute atomic E-state index is 0.189. The lowest BCUT2D eigenvalue weighted by atomic mass is 10.3. The third-order valence-corrected chi connectivity index (χ3v) is 2.95. The summed E-state index contributed by atoms with van der Waals surface area (Å²) >= 11 is 17.5. The van der Waals surface area contributed by atoms with E-state index >= 15 is 0 Å². The van der Waals surface area contributed by atoms with Gasteiger partial charge in [-0.1, -0.05) is 40.9 Å². The van der Waals surface area contributed by atoms with Crippen LogP contribution in [0.4, 0.5) is 10.5 Å². The molecule has 0 fully saturated rings. The number of hydrogen-bond acceptors (Lipinski definition) is 2. The van der Waals surface area contributed by atoms with E-state index in [1.807, 2.05) is 0 Å². The molecule has 0 bridgehead atoms. The van der Waals surface area contributed by atoms with Crippen molar-refractivity contribution in [2.24, 2.45) is 0 Å². The molecule has 0 aliphatic carbocycles. The van der Waals surface area contributed by atoms with Crippen LogP contribution in [-0.4, -0.2) is 6.09 Å². The molecule has 0 aliphatic rings. The number of carbonyl (C=O) groups is 1. The van der Waals surface area contributed by atoms with E-state index in [1.165, 1.54) is 6.07 Å². The van der Waals surface area contributed by atoms with E-state index in [2.05, 4.69) is 5.32 Å². The van der Waals surface area contributed by atoms with Crippen LogP contribution in [0.2, 0.25) is 15.1 Å². The lowest BCUT2D eigenvalue weighted by molar-refractivity contribution is 0.215. The second-order valence-electron chi connectivity index (χ2n) is 3.60. The van der Waals surface area contributed by atoms with Crippen LogP contribution in [0, 0.1) is 0 Å². The highest BCUT2D eigenvalue weighted by molar-refractivity contribution is 6.34. The maximum atomic E-state index is 11.7. The molecule has 0 atom stereocenters. The number of anilines is 1. The minimum atomic E-state index is -0.675. The highest BCUT2D eigenvalue weighted by Crippen LogP contribution is 2.28. The molecule has 6 heteroatoms. The van der Waals surface area contributed by atoms with Crippen LogP contribution in [0.5, 0.6) is 5.75 Å². The third-order valence-electron chi connectivity index (χ3n) is 2.17. The fourth-order valence-electron chi connectivity index (χ4n) is 1.36. The Labute approximate surface area is 125 Å². The van der Waals surface area contributed by atoms with Gasteiger partial charge in [-0.15, -0.1) is 0 Å². The molecule has 1 amide bonds. The van der Waals surface area contributed by atoms with Gasteiger partial charge in [-0.3, -0.25) is 5.32 Å². The van der Waals surface area contributed by atoms with Crippen molar-refractivity contribution < 1.29 is 9.53 Å². The van der Waals surface area contributed by atoms with Crippen LogP contribution in [-0.2, 0) is 0 Å². The average Bonchev–Trinajstić information content (AvgIpc) is 2.34. The van der Waals surface area contributed by atoms with Gasteiger partial charge in [0.1, 0.15) is 0 Å². The van der Waals surface area contributed by atoms with E-state index in [0.717, 1.165) is 0 Å². The quantitative estimate of drug-likeness (QED) is 0.821. The molecular weight excluding hydrogens is 309 g/mol. The molecule has 0 spiro atoms. The minimum Gasteiger partial charge on any atom is -0.408 e. The van der Waals surface area contributed by atoms with Crippen LogP contribution >= 0.6 is 34.8 Å². The highest BCUT2D eigenvalue weighted by Gasteiger charge is 2.09. The molecule has 0 saturated heterocycles. The summed E-state index contributed by atoms with van der Waals surface area (Å²) in [6.07, 6.45) is -0.675. The number of nitrogens with one attached hydrogen (secondary N) is 1. The normalized spacial score (nSPS) is 10.1. The van der Waals surface area contributed by atoms with E-state index in [-0.39, 0.29) is 5.75 Å². The van der Waals surface area contributed by atoms with Gasteiger partial charge in [0.2, 0.25) is 0 Å². The van der Waals surface area contributed by atoms with Crippen molar-refractivity contribution >= 4 is 46.6 Å². The Balaban J connectivity index is 2.07. The summed E-state index contributed by atoms with van der Waals surface area (Å²) in [5, 5.41) is 3.77. The lowest BCUT2D eigenvalue weighted by Gasteiger charge is -2.08. The Hall–Kier alpha value is -1.42. The molecule has 0 unspecified atom stereocenters. The number of amides is 1. The maximum absolute atomic E-state index is 11.7. The predicted molar refractivity (Wildman–Crippen MR) is 77.6 cm³/mol. The van der Waals surface area contributed by atoms with Crippen molar-refractivity contribution in [3.8, 4) is 5.75 Å². The van der Waals surface area contributed by atoms with Crippen molar-refractivity contribution in [1.82, 2.24) is 0 Å². The van der Waals surface area contributed by atoms with Crippen LogP contribution in [0.3, 0.4) is 0 Å². The summed E-state index contributed by atoms with van der Waals surface area (Å²) in [7, 11) is 0. The van der Waals surface area contributed by atoms with E-state index in [9.17, 15) is 4.79 Å². The first-order valence-electron chi connectivity index (χ1n) is 5.24. The Morgan fingerprint density at radius 3 is 2.47 bits per heavy atom. The standard InChI is InChI=1S/C13H8Cl3NO2/c14-8-2-1-3-10(6-8)17-13(18)19-12-7-9(15)4-5-11(12)16/h1-7H,(H,17,18). The molecule has 2 aromatic carbocycles. The van der Waals surface area contributed by atoms with Gasteiger partial charge in [0.05, 0.1) is 5.02 Å². The molecule has 2 rings (SSSR count). The third kappa shape index (κ3) is 4.03. The number of rotatable bonds is 2. The number of hydrogen-bond donors (Lipinski definition) is 1. The zero-order valence-electron chi connectivity index (χ0n) is 9.49. The molecule has 0 heterocycles. The Morgan fingerprint density at radius 2 is 1.74 bits per heavy atom. The van der Waals surface area contributed by atoms with Gasteiger partial charge in [0, 0.05) is 21.8 Å². The summed E-state index contributed by atoms with van der Waals surface area (Å²) < 4.78 is 5.06. The van der Waals surface area contributed by atoms with Crippen LogP contribution < -0.4 is 10.1 Å². The topological polar surface area (TPSA) is 38.3 Å². The highest BCUT2D eigenvalue weighted by atomic mass is 35.5. The van der Waals surface area contributed by atoms with Gasteiger partial charge in [-0.05, 0) is 30.3 Å². The second kappa shape index (κ2) is 6.15. The van der Waals surface area contributed by atoms with Crippen LogP contribution in [0.15, 0.2) is 42.5 Å². The average molecular weight is 317 g/mol. The number of halogens is 3. The Kier molecular flexibility index (Phi) is 4.53. The van der Waals surface area contributed by atoms with Crippen molar-refractivity contribution in [1.29, 1.82) is 0 Å². The Morgan fingerprint density at radius 1 is 1.00 bits per heavy atom. The summed E-state index contributed by atoms with van der Waals surface area (Å²) in [5.41, 5.74) is 0.524. The van der Waals surface area contributed by atoms with Gasteiger partial charge in [0.25, 0.3) is 0 Å². The molecule has 2 aromatic rings. The lowest BCUT2D eigenvalue weighted by Crippen LogP contribution is -2.16. The van der Waals surface area contributed by atoms with Crippen LogP contribution in [0.1, 0.15) is 0 Å². The van der Waals surface area contributed by atoms with Crippen molar-refractivity contribution in [3.05, 3.63) is 57.5 Å². The van der Waals surface area contributed by atoms with Gasteiger partial charge >= 0.3 is 6.09 Å². The Bertz CT molecular complexity index is 617. The fourth-order valence-corrected chi connectivity index (χ4v) is 1.87. The molecule has 1 N–H and O–H groups in total. The first-order chi connectivity index (χ1) is 9.04. The van der Waals surface area contributed by atoms with E-state index in [0.29, 0.717) is 20.8 Å². The van der Waals surface area contributed by atoms with E-state index in [1.54, 1.807) is 36.4 Å². The number of carbonyl (C=O) groups excluding carboxylic acids is 1. The molecule has 0 aromatic heterocycles. The van der Waals surface area contributed by atoms with Gasteiger partial charge < -0.3 is 4.74 Å². The predicted octanol–water partition coefficient (Wildman–Crippen LogP) is 5.26. The molecule has 19 heavy (non-hydrogen) atoms. The zero-order valence-corrected chi connectivity index (χ0v) is 11.8. The molecule has 98 valence electrons. The molecule has 3 nitrogen and oxygen atoms in total. The first-order valence-corrected chi connectivity index (χ1v) is 6.37. The summed E-state index contributed by atoms with van der Waals surface area (Å²) in [5.74, 6) is 0.189. The van der Waals surface area contributed by atoms with E-state index in [4.69, 9.17) is 39.5 Å². The van der Waals surface area contributed by atoms with Gasteiger partial charge in [0.15, 0.2) is 5.75 Å². The smallest absolute Gasteiger partial charge is 0.408 e. The molecule has 0 aliphatic heterocycles. The molecular formula is C13H8Cl3NO2. The number of ether oxygens (including phenoxy) is 1. The summed E-state index contributed by atoms with van der Waals surface area (Å²) in [6, 6.07) is 11.3. The molecule has 0 saturated carbocycles. The van der Waals surface area contributed by atoms with E-state index < -0.39 is 6.09 Å². The summed E-state index contributed by atoms with van der Waals surface area (Å²) in [6.45, 7) is 0. The van der Waals surface area contributed by atoms with Crippen molar-refractivity contribution in [2.75, 3.05) is 5.32 Å². The largest absolute Gasteiger partial charge is 0.417 e. The summed E-state index contributed by atoms with van der Waals surface area (Å²) in [4.78, 5) is 11.7. The monoisotopic (exact) mass is 315 g/mol. The second-order valence-corrected chi connectivity index (χ2v) is 4.88. The fraction of sp³-hybridized carbons (Fsp3) is 0. The van der Waals surface area contributed by atoms with Gasteiger partial charge in [-0.2, -0.15) is 0 Å². The number of benzene rings is 2. The van der Waals surface area contributed by atoms with Crippen molar-refractivity contribution in [3.63, 3.8) is 0 Å². The SMILES string of the molecule is O=C(Nc1cccc(Cl)c1)Oc1cc(Cl)ccc1Cl. The van der Waals surface area contributed by atoms with Crippen LogP contribution in [0.25, 0.3) is 0 Å². The molecule has 0 radical (unpaired) electrons.